The quantitative estimate of drug-likeness (QED) is 0.111. The number of hydrogen-bond donors (Lipinski definition) is 8. The molecule has 2 fully saturated rings. The average Bonchev–Trinajstić information content (AvgIpc) is 2.66. The van der Waals surface area contributed by atoms with E-state index in [1.165, 1.54) is 6.08 Å². The molecule has 12 heteroatoms. The number of hydrogen-bond acceptors (Lipinski definition) is 12. The highest BCUT2D eigenvalue weighted by Gasteiger charge is 2.51. The Balaban J connectivity index is 2.13. The molecule has 0 aliphatic carbocycles. The van der Waals surface area contributed by atoms with Crippen LogP contribution >= 0.6 is 0 Å². The summed E-state index contributed by atoms with van der Waals surface area (Å²) in [5.74, 6) is 0. The van der Waals surface area contributed by atoms with E-state index in [2.05, 4.69) is 12.1 Å². The first-order chi connectivity index (χ1) is 12.8. The van der Waals surface area contributed by atoms with Crippen LogP contribution in [0.4, 0.5) is 0 Å². The minimum absolute atomic E-state index is 0.206. The summed E-state index contributed by atoms with van der Waals surface area (Å²) in [6.07, 6.45) is -13.2. The number of ether oxygens (including phenoxy) is 3. The molecule has 2 heterocycles. The Morgan fingerprint density at radius 3 is 2.11 bits per heavy atom. The molecule has 2 rings (SSSR count). The largest absolute Gasteiger partial charge is 0.394 e. The van der Waals surface area contributed by atoms with E-state index in [0.717, 1.165) is 0 Å². The second-order valence-corrected chi connectivity index (χ2v) is 6.26. The molecule has 2 saturated heterocycles. The van der Waals surface area contributed by atoms with Crippen molar-refractivity contribution in [1.82, 2.24) is 5.48 Å². The van der Waals surface area contributed by atoms with E-state index in [9.17, 15) is 35.7 Å². The van der Waals surface area contributed by atoms with Gasteiger partial charge < -0.3 is 50.0 Å². The van der Waals surface area contributed by atoms with Gasteiger partial charge >= 0.3 is 0 Å². The SMILES string of the molecule is C=CCNO[C@@H]1[C@@H](O)[C@@H](O[C@H]2[C@H](O)[C@@H](O)[C@H](O)O[C@@H]2CO)O[C@H](CO)[C@H]1O. The summed E-state index contributed by atoms with van der Waals surface area (Å²) in [6, 6.07) is 0. The molecule has 0 bridgehead atoms. The fourth-order valence-corrected chi connectivity index (χ4v) is 2.90. The standard InChI is InChI=1S/C15H27NO11/c1-2-3-16-27-13-8(19)6(4-17)25-15(11(13)22)26-12-7(5-18)24-14(23)10(21)9(12)20/h2,6-23H,1,3-5H2/t6-,7-,8-,9-,10-,11-,12-,13+,14-,15-/m1/s1. The van der Waals surface area contributed by atoms with Crippen molar-refractivity contribution in [3.63, 3.8) is 0 Å². The van der Waals surface area contributed by atoms with Gasteiger partial charge in [-0.25, -0.2) is 0 Å². The third-order valence-electron chi connectivity index (χ3n) is 4.40. The van der Waals surface area contributed by atoms with Crippen LogP contribution in [0, 0.1) is 0 Å². The fraction of sp³-hybridized carbons (Fsp3) is 0.867. The molecule has 0 saturated carbocycles. The van der Waals surface area contributed by atoms with Gasteiger partial charge in [0.2, 0.25) is 0 Å². The second kappa shape index (κ2) is 10.2. The van der Waals surface area contributed by atoms with Crippen LogP contribution in [-0.4, -0.2) is 117 Å². The maximum Gasteiger partial charge on any atom is 0.187 e. The zero-order valence-corrected chi connectivity index (χ0v) is 14.4. The normalized spacial score (nSPS) is 45.6. The smallest absolute Gasteiger partial charge is 0.187 e. The Morgan fingerprint density at radius 1 is 0.852 bits per heavy atom. The third-order valence-corrected chi connectivity index (χ3v) is 4.40. The summed E-state index contributed by atoms with van der Waals surface area (Å²) < 4.78 is 15.7. The van der Waals surface area contributed by atoms with E-state index in [-0.39, 0.29) is 6.54 Å². The Bertz CT molecular complexity index is 467. The lowest BCUT2D eigenvalue weighted by Gasteiger charge is -2.45. The van der Waals surface area contributed by atoms with Gasteiger partial charge in [-0.3, -0.25) is 4.84 Å². The molecule has 0 spiro atoms. The zero-order chi connectivity index (χ0) is 20.1. The van der Waals surface area contributed by atoms with Crippen molar-refractivity contribution in [3.8, 4) is 0 Å². The Kier molecular flexibility index (Phi) is 8.48. The predicted octanol–water partition coefficient (Wildman–Crippen LogP) is -4.68. The summed E-state index contributed by atoms with van der Waals surface area (Å²) in [7, 11) is 0. The molecule has 0 aromatic carbocycles. The van der Waals surface area contributed by atoms with Gasteiger partial charge in [0.1, 0.15) is 48.8 Å². The molecule has 10 atom stereocenters. The van der Waals surface area contributed by atoms with Crippen LogP contribution in [-0.2, 0) is 19.0 Å². The molecular weight excluding hydrogens is 370 g/mol. The van der Waals surface area contributed by atoms with E-state index in [1.54, 1.807) is 0 Å². The highest BCUT2D eigenvalue weighted by atomic mass is 16.7. The second-order valence-electron chi connectivity index (χ2n) is 6.26. The molecule has 0 unspecified atom stereocenters. The molecule has 0 amide bonds. The van der Waals surface area contributed by atoms with Gasteiger partial charge in [0.15, 0.2) is 12.6 Å². The third kappa shape index (κ3) is 5.00. The topological polar surface area (TPSA) is 191 Å². The predicted molar refractivity (Wildman–Crippen MR) is 85.7 cm³/mol. The van der Waals surface area contributed by atoms with Crippen molar-refractivity contribution in [1.29, 1.82) is 0 Å². The highest BCUT2D eigenvalue weighted by molar-refractivity contribution is 4.94. The first kappa shape index (κ1) is 22.5. The Morgan fingerprint density at radius 2 is 1.52 bits per heavy atom. The van der Waals surface area contributed by atoms with Crippen molar-refractivity contribution in [2.45, 2.75) is 61.4 Å². The summed E-state index contributed by atoms with van der Waals surface area (Å²) in [5.41, 5.74) is 2.46. The number of hydroxylamine groups is 1. The maximum atomic E-state index is 10.4. The van der Waals surface area contributed by atoms with Gasteiger partial charge in [-0.2, -0.15) is 5.48 Å². The van der Waals surface area contributed by atoms with Crippen molar-refractivity contribution in [2.24, 2.45) is 0 Å². The summed E-state index contributed by atoms with van der Waals surface area (Å²) in [6.45, 7) is 2.40. The minimum atomic E-state index is -1.74. The van der Waals surface area contributed by atoms with Crippen LogP contribution in [0.1, 0.15) is 0 Å². The van der Waals surface area contributed by atoms with Gasteiger partial charge in [0.05, 0.1) is 13.2 Å². The maximum absolute atomic E-state index is 10.4. The fourth-order valence-electron chi connectivity index (χ4n) is 2.90. The van der Waals surface area contributed by atoms with Crippen LogP contribution in [0.5, 0.6) is 0 Å². The molecule has 0 radical (unpaired) electrons. The summed E-state index contributed by atoms with van der Waals surface area (Å²) in [4.78, 5) is 5.19. The van der Waals surface area contributed by atoms with Gasteiger partial charge in [0.25, 0.3) is 0 Å². The molecule has 2 aliphatic heterocycles. The van der Waals surface area contributed by atoms with Gasteiger partial charge in [-0.15, -0.1) is 6.58 Å². The van der Waals surface area contributed by atoms with Crippen molar-refractivity contribution < 1.29 is 54.8 Å². The first-order valence-corrected chi connectivity index (χ1v) is 8.43. The lowest BCUT2D eigenvalue weighted by atomic mass is 9.97. The average molecular weight is 397 g/mol. The molecule has 8 N–H and O–H groups in total. The van der Waals surface area contributed by atoms with Gasteiger partial charge in [-0.05, 0) is 0 Å². The lowest BCUT2D eigenvalue weighted by Crippen LogP contribution is -2.65. The minimum Gasteiger partial charge on any atom is -0.394 e. The van der Waals surface area contributed by atoms with E-state index in [0.29, 0.717) is 0 Å². The molecule has 158 valence electrons. The Hall–Kier alpha value is -0.740. The van der Waals surface area contributed by atoms with Crippen LogP contribution in [0.15, 0.2) is 12.7 Å². The van der Waals surface area contributed by atoms with E-state index in [1.807, 2.05) is 0 Å². The van der Waals surface area contributed by atoms with Crippen LogP contribution in [0.3, 0.4) is 0 Å². The summed E-state index contributed by atoms with van der Waals surface area (Å²) >= 11 is 0. The first-order valence-electron chi connectivity index (χ1n) is 8.43. The molecule has 0 aromatic rings. The van der Waals surface area contributed by atoms with Crippen molar-refractivity contribution in [2.75, 3.05) is 19.8 Å². The number of aliphatic hydroxyl groups excluding tert-OH is 7. The lowest BCUT2D eigenvalue weighted by molar-refractivity contribution is -0.360. The van der Waals surface area contributed by atoms with Crippen LogP contribution in [0.2, 0.25) is 0 Å². The van der Waals surface area contributed by atoms with Gasteiger partial charge in [-0.1, -0.05) is 6.08 Å². The number of aliphatic hydroxyl groups is 7. The molecule has 27 heavy (non-hydrogen) atoms. The van der Waals surface area contributed by atoms with Crippen molar-refractivity contribution >= 4 is 0 Å². The zero-order valence-electron chi connectivity index (χ0n) is 14.4. The van der Waals surface area contributed by atoms with Crippen molar-refractivity contribution in [3.05, 3.63) is 12.7 Å². The highest BCUT2D eigenvalue weighted by Crippen LogP contribution is 2.29. The van der Waals surface area contributed by atoms with Crippen LogP contribution in [0.25, 0.3) is 0 Å². The molecule has 2 aliphatic rings. The summed E-state index contributed by atoms with van der Waals surface area (Å²) in [5, 5.41) is 68.8. The van der Waals surface area contributed by atoms with E-state index in [4.69, 9.17) is 19.0 Å². The van der Waals surface area contributed by atoms with Gasteiger partial charge in [0, 0.05) is 6.54 Å². The molecule has 0 aromatic heterocycles. The van der Waals surface area contributed by atoms with E-state index < -0.39 is 74.6 Å². The van der Waals surface area contributed by atoms with Crippen LogP contribution < -0.4 is 5.48 Å². The Labute approximate surface area is 155 Å². The monoisotopic (exact) mass is 397 g/mol. The van der Waals surface area contributed by atoms with E-state index >= 15 is 0 Å². The molecular formula is C15H27NO11. The number of rotatable bonds is 8. The number of nitrogens with one attached hydrogen (secondary N) is 1. The molecule has 12 nitrogen and oxygen atoms in total.